The van der Waals surface area contributed by atoms with E-state index in [4.69, 9.17) is 0 Å². The maximum Gasteiger partial charge on any atom is 0.402 e. The lowest BCUT2D eigenvalue weighted by Crippen LogP contribution is -2.70. The Morgan fingerprint density at radius 2 is 1.03 bits per heavy atom. The lowest BCUT2D eigenvalue weighted by molar-refractivity contribution is -0.921. The van der Waals surface area contributed by atoms with Gasteiger partial charge in [-0.15, -0.1) is 0 Å². The average Bonchev–Trinajstić information content (AvgIpc) is 2.69. The highest BCUT2D eigenvalue weighted by Crippen LogP contribution is 2.59. The van der Waals surface area contributed by atoms with Crippen LogP contribution in [0.5, 0.6) is 0 Å². The van der Waals surface area contributed by atoms with Gasteiger partial charge in [-0.1, -0.05) is 13.3 Å². The number of quaternary nitrogens is 1. The van der Waals surface area contributed by atoms with Gasteiger partial charge in [-0.05, 0) is 34.1 Å². The molecule has 0 bridgehead atoms. The second-order valence-electron chi connectivity index (χ2n) is 7.18. The van der Waals surface area contributed by atoms with Crippen LogP contribution in [0.2, 0.25) is 0 Å². The molecule has 0 radical (unpaired) electrons. The Labute approximate surface area is 185 Å². The standard InChI is InChI=1S/C9H9F11O3S.C8H20N/c1-2-3-4(10)5(11,12)6(13,14)7(15,16)8(17,18)9(19,20)24(21,22)23;1-5-9(6-2,7-3)8-4/h4H,2-3H2,1H3,(H,21,22,23);5-8H2,1-4H3/q;+1/p-1. The largest absolute Gasteiger partial charge is 0.743 e. The van der Waals surface area contributed by atoms with Crippen molar-refractivity contribution in [2.24, 2.45) is 0 Å². The number of rotatable bonds is 12. The predicted octanol–water partition coefficient (Wildman–Crippen LogP) is 5.69. The van der Waals surface area contributed by atoms with E-state index < -0.39 is 58.1 Å². The van der Waals surface area contributed by atoms with E-state index in [2.05, 4.69) is 27.7 Å². The molecule has 33 heavy (non-hydrogen) atoms. The fourth-order valence-electron chi connectivity index (χ4n) is 2.72. The van der Waals surface area contributed by atoms with Crippen LogP contribution in [-0.2, 0) is 10.1 Å². The van der Waals surface area contributed by atoms with Gasteiger partial charge in [0.1, 0.15) is 0 Å². The second-order valence-corrected chi connectivity index (χ2v) is 8.60. The highest BCUT2D eigenvalue weighted by Gasteiger charge is 2.88. The molecule has 0 aliphatic rings. The molecule has 0 N–H and O–H groups in total. The minimum atomic E-state index is -7.79. The Bertz CT molecular complexity index is 693. The van der Waals surface area contributed by atoms with Crippen LogP contribution in [0.4, 0.5) is 48.3 Å². The third-order valence-electron chi connectivity index (χ3n) is 5.51. The molecule has 0 aromatic carbocycles. The van der Waals surface area contributed by atoms with Gasteiger partial charge in [-0.25, -0.2) is 12.8 Å². The van der Waals surface area contributed by atoms with Crippen LogP contribution >= 0.6 is 0 Å². The van der Waals surface area contributed by atoms with E-state index in [1.54, 1.807) is 0 Å². The van der Waals surface area contributed by atoms with Crippen molar-refractivity contribution in [1.82, 2.24) is 0 Å². The molecule has 16 heteroatoms. The van der Waals surface area contributed by atoms with Gasteiger partial charge in [-0.2, -0.15) is 43.9 Å². The summed E-state index contributed by atoms with van der Waals surface area (Å²) in [5, 5.41) is -7.38. The lowest BCUT2D eigenvalue weighted by atomic mass is 9.94. The van der Waals surface area contributed by atoms with E-state index in [9.17, 15) is 61.3 Å². The Hall–Kier alpha value is -0.900. The van der Waals surface area contributed by atoms with Gasteiger partial charge >= 0.3 is 28.9 Å². The van der Waals surface area contributed by atoms with Gasteiger partial charge in [-0.3, -0.25) is 0 Å². The molecule has 0 fully saturated rings. The third-order valence-corrected chi connectivity index (χ3v) is 6.39. The second kappa shape index (κ2) is 11.2. The van der Waals surface area contributed by atoms with Crippen LogP contribution in [0.15, 0.2) is 0 Å². The maximum atomic E-state index is 13.1. The first-order valence-electron chi connectivity index (χ1n) is 9.81. The predicted molar refractivity (Wildman–Crippen MR) is 96.7 cm³/mol. The molecule has 0 aliphatic heterocycles. The minimum Gasteiger partial charge on any atom is -0.743 e. The van der Waals surface area contributed by atoms with Crippen LogP contribution in [-0.4, -0.2) is 78.7 Å². The third kappa shape index (κ3) is 6.21. The van der Waals surface area contributed by atoms with Crippen molar-refractivity contribution in [1.29, 1.82) is 0 Å². The van der Waals surface area contributed by atoms with Crippen molar-refractivity contribution in [3.05, 3.63) is 0 Å². The number of halogens is 11. The molecule has 0 aromatic rings. The molecular formula is C17H28F11NO3S. The maximum absolute atomic E-state index is 13.1. The molecular weight excluding hydrogens is 507 g/mol. The number of hydrogen-bond acceptors (Lipinski definition) is 3. The first-order valence-corrected chi connectivity index (χ1v) is 11.2. The summed E-state index contributed by atoms with van der Waals surface area (Å²) in [5.74, 6) is -29.6. The van der Waals surface area contributed by atoms with Gasteiger partial charge in [0, 0.05) is 0 Å². The fourth-order valence-corrected chi connectivity index (χ4v) is 3.16. The molecule has 202 valence electrons. The van der Waals surface area contributed by atoms with Gasteiger partial charge in [0.15, 0.2) is 16.3 Å². The Morgan fingerprint density at radius 3 is 1.24 bits per heavy atom. The molecule has 0 aliphatic carbocycles. The normalized spacial score (nSPS) is 15.7. The lowest BCUT2D eigenvalue weighted by Gasteiger charge is -2.40. The molecule has 0 spiro atoms. The highest BCUT2D eigenvalue weighted by molar-refractivity contribution is 7.86. The molecule has 0 heterocycles. The number of hydrogen-bond donors (Lipinski definition) is 0. The van der Waals surface area contributed by atoms with E-state index in [0.29, 0.717) is 0 Å². The summed E-state index contributed by atoms with van der Waals surface area (Å²) in [6, 6.07) is 0. The summed E-state index contributed by atoms with van der Waals surface area (Å²) in [7, 11) is -7.66. The number of alkyl halides is 11. The van der Waals surface area contributed by atoms with Crippen LogP contribution in [0.3, 0.4) is 0 Å². The molecule has 0 rings (SSSR count). The summed E-state index contributed by atoms with van der Waals surface area (Å²) in [4.78, 5) is 0. The van der Waals surface area contributed by atoms with E-state index in [1.165, 1.54) is 30.7 Å². The molecule has 1 atom stereocenters. The van der Waals surface area contributed by atoms with Crippen molar-refractivity contribution in [2.75, 3.05) is 26.2 Å². The van der Waals surface area contributed by atoms with Crippen LogP contribution in [0, 0.1) is 0 Å². The highest BCUT2D eigenvalue weighted by atomic mass is 32.2. The molecule has 0 amide bonds. The van der Waals surface area contributed by atoms with E-state index >= 15 is 0 Å². The smallest absolute Gasteiger partial charge is 0.402 e. The van der Waals surface area contributed by atoms with E-state index in [-0.39, 0.29) is 0 Å². The first kappa shape index (κ1) is 34.3. The van der Waals surface area contributed by atoms with Gasteiger partial charge in [0.2, 0.25) is 0 Å². The molecule has 1 unspecified atom stereocenters. The molecule has 0 saturated heterocycles. The van der Waals surface area contributed by atoms with Crippen molar-refractivity contribution in [3.63, 3.8) is 0 Å². The van der Waals surface area contributed by atoms with Gasteiger partial charge < -0.3 is 9.04 Å². The summed E-state index contributed by atoms with van der Waals surface area (Å²) in [6.07, 6.45) is -6.31. The van der Waals surface area contributed by atoms with E-state index in [0.717, 1.165) is 6.92 Å². The Morgan fingerprint density at radius 1 is 0.697 bits per heavy atom. The molecule has 0 saturated carbocycles. The molecule has 0 aromatic heterocycles. The van der Waals surface area contributed by atoms with Gasteiger partial charge in [0.05, 0.1) is 26.2 Å². The fraction of sp³-hybridized carbons (Fsp3) is 1.00. The van der Waals surface area contributed by atoms with Crippen molar-refractivity contribution >= 4 is 10.1 Å². The molecule has 4 nitrogen and oxygen atoms in total. The average molecular weight is 535 g/mol. The number of nitrogens with zero attached hydrogens (tertiary/aromatic N) is 1. The Balaban J connectivity index is 0. The van der Waals surface area contributed by atoms with Crippen LogP contribution in [0.25, 0.3) is 0 Å². The monoisotopic (exact) mass is 535 g/mol. The van der Waals surface area contributed by atoms with Crippen molar-refractivity contribution in [2.45, 2.75) is 82.6 Å². The zero-order valence-corrected chi connectivity index (χ0v) is 19.4. The zero-order valence-electron chi connectivity index (χ0n) is 18.6. The van der Waals surface area contributed by atoms with Crippen LogP contribution in [0.1, 0.15) is 47.5 Å². The summed E-state index contributed by atoms with van der Waals surface area (Å²) in [5.41, 5.74) is 0. The quantitative estimate of drug-likeness (QED) is 0.183. The summed E-state index contributed by atoms with van der Waals surface area (Å²) in [6.45, 7) is 15.1. The van der Waals surface area contributed by atoms with Crippen molar-refractivity contribution in [3.8, 4) is 0 Å². The summed E-state index contributed by atoms with van der Waals surface area (Å²) < 4.78 is 174. The zero-order chi connectivity index (χ0) is 27.3. The SMILES string of the molecule is CCCC(F)C(F)(F)C(F)(F)C(F)(F)C(F)(F)C(F)(F)S(=O)(=O)[O-].CC[N+](CC)(CC)CC. The first-order chi connectivity index (χ1) is 14.5. The Kier molecular flexibility index (Phi) is 11.7. The van der Waals surface area contributed by atoms with Gasteiger partial charge in [0.25, 0.3) is 0 Å². The topological polar surface area (TPSA) is 57.2 Å². The van der Waals surface area contributed by atoms with E-state index in [1.807, 2.05) is 0 Å². The van der Waals surface area contributed by atoms with Crippen LogP contribution < -0.4 is 0 Å². The minimum absolute atomic E-state index is 0.639. The summed E-state index contributed by atoms with van der Waals surface area (Å²) >= 11 is 0. The van der Waals surface area contributed by atoms with Crippen molar-refractivity contribution < 1.29 is 65.7 Å².